The molecule has 0 heterocycles. The van der Waals surface area contributed by atoms with Crippen molar-refractivity contribution in [2.45, 2.75) is 67.2 Å². The SMILES string of the molecule is CCCCC#C/C(=[CH]/[Sn]([CH3])([CH3])[CH3])CCCC. The Kier molecular flexibility index (Phi) is 9.22. The minimum absolute atomic E-state index is 1.07. The van der Waals surface area contributed by atoms with Gasteiger partial charge in [-0.25, -0.2) is 0 Å². The Bertz CT molecular complexity index is 257. The van der Waals surface area contributed by atoms with Crippen LogP contribution in [0.4, 0.5) is 0 Å². The molecule has 0 bridgehead atoms. The van der Waals surface area contributed by atoms with Crippen LogP contribution in [-0.4, -0.2) is 18.4 Å². The van der Waals surface area contributed by atoms with Crippen molar-refractivity contribution in [3.8, 4) is 11.8 Å². The zero-order chi connectivity index (χ0) is 12.4. The van der Waals surface area contributed by atoms with Crippen LogP contribution >= 0.6 is 0 Å². The van der Waals surface area contributed by atoms with Gasteiger partial charge in [0.1, 0.15) is 0 Å². The van der Waals surface area contributed by atoms with Gasteiger partial charge in [0.15, 0.2) is 0 Å². The molecule has 0 spiro atoms. The Morgan fingerprint density at radius 2 is 1.69 bits per heavy atom. The monoisotopic (exact) mass is 328 g/mol. The van der Waals surface area contributed by atoms with E-state index in [-0.39, 0.29) is 0 Å². The molecule has 0 aromatic rings. The summed E-state index contributed by atoms with van der Waals surface area (Å²) in [6, 6.07) is 0. The third-order valence-corrected chi connectivity index (χ3v) is 5.78. The topological polar surface area (TPSA) is 0 Å². The van der Waals surface area contributed by atoms with Crippen molar-refractivity contribution in [2.24, 2.45) is 0 Å². The standard InChI is InChI=1S/C12H19.3CH3.Sn/c1-4-6-8-9-11-12(3)10-7-5-2;;;;/h3H,4-8,10H2,1-2H3;3*1H3;. The number of allylic oxidation sites excluding steroid dienone is 1. The van der Waals surface area contributed by atoms with E-state index in [0.717, 1.165) is 6.42 Å². The molecule has 16 heavy (non-hydrogen) atoms. The maximum absolute atomic E-state index is 3.41. The number of unbranched alkanes of at least 4 members (excludes halogenated alkanes) is 3. The van der Waals surface area contributed by atoms with E-state index in [1.807, 2.05) is 0 Å². The molecule has 92 valence electrons. The van der Waals surface area contributed by atoms with Crippen LogP contribution in [0.2, 0.25) is 14.8 Å². The average Bonchev–Trinajstić information content (AvgIpc) is 2.18. The molecule has 0 saturated carbocycles. The first-order valence-electron chi connectivity index (χ1n) is 6.70. The first-order chi connectivity index (χ1) is 7.49. The van der Waals surface area contributed by atoms with E-state index in [1.165, 1.54) is 37.7 Å². The molecular formula is C15H28Sn. The molecule has 0 radical (unpaired) electrons. The normalized spacial score (nSPS) is 12.2. The van der Waals surface area contributed by atoms with E-state index in [2.05, 4.69) is 44.6 Å². The molecule has 0 N–H and O–H groups in total. The van der Waals surface area contributed by atoms with Gasteiger partial charge < -0.3 is 0 Å². The first kappa shape index (κ1) is 16.1. The molecule has 0 aliphatic rings. The number of hydrogen-bond donors (Lipinski definition) is 0. The third kappa shape index (κ3) is 10.6. The van der Waals surface area contributed by atoms with Crippen molar-refractivity contribution in [2.75, 3.05) is 0 Å². The van der Waals surface area contributed by atoms with Gasteiger partial charge in [-0.1, -0.05) is 0 Å². The van der Waals surface area contributed by atoms with Crippen LogP contribution in [0, 0.1) is 11.8 Å². The van der Waals surface area contributed by atoms with Crippen molar-refractivity contribution in [1.29, 1.82) is 0 Å². The number of hydrogen-bond acceptors (Lipinski definition) is 0. The molecule has 0 aromatic carbocycles. The Labute approximate surface area is 107 Å². The van der Waals surface area contributed by atoms with Gasteiger partial charge in [-0.2, -0.15) is 0 Å². The van der Waals surface area contributed by atoms with E-state index in [0.29, 0.717) is 0 Å². The van der Waals surface area contributed by atoms with Crippen molar-refractivity contribution in [3.05, 3.63) is 9.67 Å². The second-order valence-corrected chi connectivity index (χ2v) is 19.9. The van der Waals surface area contributed by atoms with E-state index < -0.39 is 18.4 Å². The van der Waals surface area contributed by atoms with Gasteiger partial charge in [0.25, 0.3) is 0 Å². The van der Waals surface area contributed by atoms with E-state index >= 15 is 0 Å². The van der Waals surface area contributed by atoms with E-state index in [4.69, 9.17) is 0 Å². The summed E-state index contributed by atoms with van der Waals surface area (Å²) in [5.41, 5.74) is 1.43. The van der Waals surface area contributed by atoms with Crippen molar-refractivity contribution >= 4 is 18.4 Å². The maximum atomic E-state index is 3.41. The van der Waals surface area contributed by atoms with Crippen LogP contribution < -0.4 is 0 Å². The molecule has 0 fully saturated rings. The summed E-state index contributed by atoms with van der Waals surface area (Å²) in [5, 5.41) is 0. The second-order valence-electron chi connectivity index (χ2n) is 5.54. The second kappa shape index (κ2) is 9.16. The van der Waals surface area contributed by atoms with Crippen LogP contribution in [0.5, 0.6) is 0 Å². The first-order valence-corrected chi connectivity index (χ1v) is 16.9. The Morgan fingerprint density at radius 1 is 1.06 bits per heavy atom. The molecule has 0 amide bonds. The van der Waals surface area contributed by atoms with Gasteiger partial charge in [-0.15, -0.1) is 0 Å². The van der Waals surface area contributed by atoms with Crippen LogP contribution in [0.1, 0.15) is 52.4 Å². The molecular weight excluding hydrogens is 299 g/mol. The molecule has 0 atom stereocenters. The molecule has 1 heteroatoms. The zero-order valence-electron chi connectivity index (χ0n) is 11.8. The van der Waals surface area contributed by atoms with Gasteiger partial charge >= 0.3 is 107 Å². The van der Waals surface area contributed by atoms with Crippen molar-refractivity contribution < 1.29 is 0 Å². The summed E-state index contributed by atoms with van der Waals surface area (Å²) in [6.07, 6.45) is 7.32. The van der Waals surface area contributed by atoms with Crippen LogP contribution in [0.3, 0.4) is 0 Å². The fourth-order valence-corrected chi connectivity index (χ4v) is 5.10. The fourth-order valence-electron chi connectivity index (χ4n) is 1.50. The summed E-state index contributed by atoms with van der Waals surface area (Å²) >= 11 is -1.80. The van der Waals surface area contributed by atoms with Gasteiger partial charge in [0.2, 0.25) is 0 Å². The minimum atomic E-state index is -1.80. The average molecular weight is 327 g/mol. The van der Waals surface area contributed by atoms with Crippen LogP contribution in [0.25, 0.3) is 0 Å². The van der Waals surface area contributed by atoms with Crippen LogP contribution in [0.15, 0.2) is 9.67 Å². The summed E-state index contributed by atoms with van der Waals surface area (Å²) in [7, 11) is 0. The van der Waals surface area contributed by atoms with E-state index in [9.17, 15) is 0 Å². The summed E-state index contributed by atoms with van der Waals surface area (Å²) in [5.74, 6) is 6.74. The fraction of sp³-hybridized carbons (Fsp3) is 0.733. The van der Waals surface area contributed by atoms with Crippen molar-refractivity contribution in [3.63, 3.8) is 0 Å². The molecule has 0 saturated heterocycles. The molecule has 0 nitrogen and oxygen atoms in total. The zero-order valence-corrected chi connectivity index (χ0v) is 14.7. The Balaban J connectivity index is 4.41. The predicted molar refractivity (Wildman–Crippen MR) is 78.3 cm³/mol. The molecule has 0 aliphatic heterocycles. The molecule has 0 unspecified atom stereocenters. The summed E-state index contributed by atoms with van der Waals surface area (Å²) in [4.78, 5) is 7.36. The van der Waals surface area contributed by atoms with E-state index in [1.54, 1.807) is 0 Å². The van der Waals surface area contributed by atoms with Gasteiger partial charge in [0, 0.05) is 0 Å². The van der Waals surface area contributed by atoms with Gasteiger partial charge in [-0.3, -0.25) is 0 Å². The van der Waals surface area contributed by atoms with Gasteiger partial charge in [-0.05, 0) is 0 Å². The van der Waals surface area contributed by atoms with Crippen molar-refractivity contribution in [1.82, 2.24) is 0 Å². The third-order valence-electron chi connectivity index (χ3n) is 2.31. The Morgan fingerprint density at radius 3 is 2.19 bits per heavy atom. The summed E-state index contributed by atoms with van der Waals surface area (Å²) < 4.78 is 2.54. The predicted octanol–water partition coefficient (Wildman–Crippen LogP) is 5.17. The number of rotatable bonds is 6. The summed E-state index contributed by atoms with van der Waals surface area (Å²) in [6.45, 7) is 4.48. The molecule has 0 rings (SSSR count). The van der Waals surface area contributed by atoms with Crippen LogP contribution in [-0.2, 0) is 0 Å². The molecule has 0 aromatic heterocycles. The van der Waals surface area contributed by atoms with Gasteiger partial charge in [0.05, 0.1) is 0 Å². The molecule has 0 aliphatic carbocycles. The Hall–Kier alpha value is 0.0987. The quantitative estimate of drug-likeness (QED) is 0.358.